The zero-order chi connectivity index (χ0) is 38.6. The van der Waals surface area contributed by atoms with E-state index in [0.717, 1.165) is 9.52 Å². The first-order chi connectivity index (χ1) is 24.6. The zero-order valence-electron chi connectivity index (χ0n) is 33.8. The summed E-state index contributed by atoms with van der Waals surface area (Å²) in [5, 5.41) is 5.54. The third-order valence-electron chi connectivity index (χ3n) is 9.55. The normalized spacial score (nSPS) is 11.3. The van der Waals surface area contributed by atoms with Crippen LogP contribution in [-0.4, -0.2) is 9.52 Å². The third kappa shape index (κ3) is 12.1. The van der Waals surface area contributed by atoms with Crippen LogP contribution >= 0.6 is 17.0 Å². The second-order valence-corrected chi connectivity index (χ2v) is 20.9. The molecule has 0 aromatic heterocycles. The SMILES string of the molecule is CC(C)c1cc2c(-c3ccc(C(C)(C)C)cc3)cccc2[cH-]1.CCCCc1cc2c(-c3ccc(C(C)(C)C)cc3)ccc(C)c2[cH-]1.C[Si]C.[Cl][Zr+2][Cl]. The average molecular weight is 827 g/mol. The molecule has 0 bridgehead atoms. The van der Waals surface area contributed by atoms with Gasteiger partial charge >= 0.3 is 37.9 Å². The number of benzene rings is 4. The van der Waals surface area contributed by atoms with Crippen LogP contribution in [0.3, 0.4) is 0 Å². The second kappa shape index (κ2) is 20.5. The van der Waals surface area contributed by atoms with Crippen LogP contribution in [0.5, 0.6) is 0 Å². The molecular formula is C48H60Cl2SiZr. The molecule has 0 aliphatic rings. The van der Waals surface area contributed by atoms with Gasteiger partial charge in [-0.05, 0) is 45.4 Å². The summed E-state index contributed by atoms with van der Waals surface area (Å²) in [6.07, 6.45) is 3.71. The average Bonchev–Trinajstić information content (AvgIpc) is 3.74. The zero-order valence-corrected chi connectivity index (χ0v) is 38.7. The molecule has 0 N–H and O–H groups in total. The number of halogens is 2. The Morgan fingerprint density at radius 1 is 0.692 bits per heavy atom. The number of hydrogen-bond acceptors (Lipinski definition) is 0. The summed E-state index contributed by atoms with van der Waals surface area (Å²) < 4.78 is 0. The van der Waals surface area contributed by atoms with Crippen molar-refractivity contribution in [2.75, 3.05) is 0 Å². The van der Waals surface area contributed by atoms with Crippen LogP contribution in [0.4, 0.5) is 0 Å². The summed E-state index contributed by atoms with van der Waals surface area (Å²) in [6.45, 7) is 26.9. The van der Waals surface area contributed by atoms with Crippen molar-refractivity contribution in [3.05, 3.63) is 131 Å². The van der Waals surface area contributed by atoms with Gasteiger partial charge in [0.25, 0.3) is 0 Å². The van der Waals surface area contributed by atoms with Gasteiger partial charge in [-0.15, -0.1) is 68.6 Å². The monoisotopic (exact) mass is 824 g/mol. The van der Waals surface area contributed by atoms with Crippen molar-refractivity contribution in [3.8, 4) is 22.3 Å². The summed E-state index contributed by atoms with van der Waals surface area (Å²) >= 11 is -0.826. The molecule has 0 nitrogen and oxygen atoms in total. The molecule has 6 aromatic carbocycles. The van der Waals surface area contributed by atoms with E-state index in [9.17, 15) is 0 Å². The van der Waals surface area contributed by atoms with Crippen molar-refractivity contribution in [2.45, 2.75) is 118 Å². The molecule has 4 heteroatoms. The quantitative estimate of drug-likeness (QED) is 0.116. The molecule has 0 aliphatic heterocycles. The summed E-state index contributed by atoms with van der Waals surface area (Å²) in [5.41, 5.74) is 12.8. The van der Waals surface area contributed by atoms with Crippen molar-refractivity contribution in [2.24, 2.45) is 0 Å². The minimum atomic E-state index is -0.826. The fraction of sp³-hybridized carbons (Fsp3) is 0.375. The van der Waals surface area contributed by atoms with Crippen molar-refractivity contribution < 1.29 is 20.8 Å². The van der Waals surface area contributed by atoms with Gasteiger partial charge in [0.05, 0.1) is 0 Å². The van der Waals surface area contributed by atoms with Gasteiger partial charge in [-0.25, -0.2) is 0 Å². The molecule has 0 atom stereocenters. The summed E-state index contributed by atoms with van der Waals surface area (Å²) in [6, 6.07) is 38.8. The van der Waals surface area contributed by atoms with E-state index in [1.165, 1.54) is 90.9 Å². The van der Waals surface area contributed by atoms with E-state index in [1.54, 1.807) is 0 Å². The van der Waals surface area contributed by atoms with Crippen LogP contribution in [0, 0.1) is 6.92 Å². The topological polar surface area (TPSA) is 0 Å². The van der Waals surface area contributed by atoms with E-state index in [1.807, 2.05) is 0 Å². The molecule has 0 fully saturated rings. The van der Waals surface area contributed by atoms with Gasteiger partial charge in [0.2, 0.25) is 0 Å². The fourth-order valence-corrected chi connectivity index (χ4v) is 6.42. The Morgan fingerprint density at radius 2 is 1.19 bits per heavy atom. The Balaban J connectivity index is 0.000000244. The van der Waals surface area contributed by atoms with Crippen LogP contribution in [0.2, 0.25) is 13.1 Å². The number of unbranched alkanes of at least 4 members (excludes halogenated alkanes) is 1. The molecule has 0 spiro atoms. The van der Waals surface area contributed by atoms with Gasteiger partial charge in [0.1, 0.15) is 0 Å². The molecule has 6 rings (SSSR count). The van der Waals surface area contributed by atoms with Gasteiger partial charge in [0, 0.05) is 9.52 Å². The molecule has 0 unspecified atom stereocenters. The predicted octanol–water partition coefficient (Wildman–Crippen LogP) is 16.0. The maximum atomic E-state index is 4.93. The van der Waals surface area contributed by atoms with E-state index >= 15 is 0 Å². The number of rotatable bonds is 6. The standard InChI is InChI=1S/C24H29.C22H25.C2H6Si.2ClH.Zr/c1-6-7-8-18-15-22-17(2)9-14-21(23(22)16-18)19-10-12-20(13-11-19)24(3,4)5;1-15(2)18-13-17-7-6-8-20(21(17)14-18)16-9-11-19(12-10-16)22(3,4)5;1-3-2;;;/h9-16H,6-8H2,1-5H3;6-15H,1-5H3;1-2H3;2*1H;/q2*-1;;;;+4/p-2. The maximum absolute atomic E-state index is 4.93. The predicted molar refractivity (Wildman–Crippen MR) is 234 cm³/mol. The molecule has 274 valence electrons. The first kappa shape index (κ1) is 44.2. The molecule has 0 amide bonds. The molecule has 0 saturated carbocycles. The van der Waals surface area contributed by atoms with Gasteiger partial charge in [-0.1, -0.05) is 167 Å². The van der Waals surface area contributed by atoms with E-state index in [2.05, 4.69) is 185 Å². The van der Waals surface area contributed by atoms with Crippen LogP contribution in [0.25, 0.3) is 43.8 Å². The van der Waals surface area contributed by atoms with E-state index in [4.69, 9.17) is 17.0 Å². The van der Waals surface area contributed by atoms with Gasteiger partial charge in [-0.2, -0.15) is 12.1 Å². The molecule has 0 aliphatic carbocycles. The van der Waals surface area contributed by atoms with Crippen LogP contribution in [0.1, 0.15) is 109 Å². The van der Waals surface area contributed by atoms with Crippen molar-refractivity contribution >= 4 is 48.1 Å². The van der Waals surface area contributed by atoms with E-state index in [-0.39, 0.29) is 10.8 Å². The van der Waals surface area contributed by atoms with Crippen molar-refractivity contribution in [1.82, 2.24) is 0 Å². The van der Waals surface area contributed by atoms with Crippen LogP contribution < -0.4 is 0 Å². The Morgan fingerprint density at radius 3 is 1.65 bits per heavy atom. The van der Waals surface area contributed by atoms with E-state index in [0.29, 0.717) is 5.92 Å². The van der Waals surface area contributed by atoms with Crippen LogP contribution in [-0.2, 0) is 38.1 Å². The Kier molecular flexibility index (Phi) is 17.4. The van der Waals surface area contributed by atoms with Crippen molar-refractivity contribution in [1.29, 1.82) is 0 Å². The van der Waals surface area contributed by atoms with Gasteiger partial charge < -0.3 is 0 Å². The van der Waals surface area contributed by atoms with Gasteiger partial charge in [0.15, 0.2) is 0 Å². The summed E-state index contributed by atoms with van der Waals surface area (Å²) in [7, 11) is 11.0. The Labute approximate surface area is 338 Å². The van der Waals surface area contributed by atoms with Crippen molar-refractivity contribution in [3.63, 3.8) is 0 Å². The molecule has 0 saturated heterocycles. The second-order valence-electron chi connectivity index (χ2n) is 16.2. The van der Waals surface area contributed by atoms with Crippen LogP contribution in [0.15, 0.2) is 103 Å². The Hall–Kier alpha value is -2.22. The third-order valence-corrected chi connectivity index (χ3v) is 9.55. The molecular weight excluding hydrogens is 767 g/mol. The van der Waals surface area contributed by atoms with E-state index < -0.39 is 20.8 Å². The molecule has 0 heterocycles. The molecule has 6 aromatic rings. The van der Waals surface area contributed by atoms with Gasteiger partial charge in [-0.3, -0.25) is 0 Å². The number of hydrogen-bond donors (Lipinski definition) is 0. The first-order valence-electron chi connectivity index (χ1n) is 18.7. The molecule has 52 heavy (non-hydrogen) atoms. The minimum absolute atomic E-state index is 0.203. The number of fused-ring (bicyclic) bond motifs is 2. The first-order valence-corrected chi connectivity index (χ1v) is 27.1. The summed E-state index contributed by atoms with van der Waals surface area (Å²) in [4.78, 5) is 0. The number of aryl methyl sites for hydroxylation is 2. The Bertz CT molecular complexity index is 1940. The molecule has 2 radical (unpaired) electrons. The fourth-order valence-electron chi connectivity index (χ4n) is 6.42. The summed E-state index contributed by atoms with van der Waals surface area (Å²) in [5.74, 6) is 0.573.